The molecule has 0 saturated carbocycles. The molecule has 2 aromatic heterocycles. The summed E-state index contributed by atoms with van der Waals surface area (Å²) in [5, 5.41) is 0.505. The topological polar surface area (TPSA) is 80.2 Å². The molecule has 0 atom stereocenters. The second-order valence-corrected chi connectivity index (χ2v) is 10.7. The Labute approximate surface area is 188 Å². The SMILES string of the molecule is CSc1ccccc1C(=O)N(Cc1cccnc1)c1nc2ccc(S(C)(=O)=O)cc2s1. The van der Waals surface area contributed by atoms with Gasteiger partial charge in [-0.05, 0) is 48.2 Å². The lowest BCUT2D eigenvalue weighted by molar-refractivity contribution is 0.0982. The van der Waals surface area contributed by atoms with E-state index in [4.69, 9.17) is 0 Å². The molecule has 2 aromatic carbocycles. The average Bonchev–Trinajstić information content (AvgIpc) is 3.20. The molecule has 4 aromatic rings. The molecule has 0 radical (unpaired) electrons. The van der Waals surface area contributed by atoms with Gasteiger partial charge in [-0.2, -0.15) is 0 Å². The van der Waals surface area contributed by atoms with Gasteiger partial charge in [0.25, 0.3) is 5.91 Å². The number of carbonyl (C=O) groups excluding carboxylic acids is 1. The Balaban J connectivity index is 1.81. The minimum atomic E-state index is -3.33. The van der Waals surface area contributed by atoms with Gasteiger partial charge in [0.05, 0.1) is 27.2 Å². The highest BCUT2D eigenvalue weighted by molar-refractivity contribution is 7.98. The van der Waals surface area contributed by atoms with Crippen molar-refractivity contribution in [2.45, 2.75) is 16.3 Å². The highest BCUT2D eigenvalue weighted by Crippen LogP contribution is 2.33. The Kier molecular flexibility index (Phi) is 6.08. The Morgan fingerprint density at radius 1 is 1.13 bits per heavy atom. The number of anilines is 1. The number of carbonyl (C=O) groups is 1. The maximum Gasteiger partial charge on any atom is 0.261 e. The Bertz CT molecular complexity index is 1350. The molecular weight excluding hydrogens is 450 g/mol. The number of pyridine rings is 1. The summed E-state index contributed by atoms with van der Waals surface area (Å²) in [6.45, 7) is 0.300. The first-order valence-corrected chi connectivity index (χ1v) is 13.2. The van der Waals surface area contributed by atoms with E-state index in [0.29, 0.717) is 27.5 Å². The number of hydrogen-bond donors (Lipinski definition) is 0. The molecule has 0 aliphatic heterocycles. The average molecular weight is 470 g/mol. The van der Waals surface area contributed by atoms with Crippen LogP contribution in [0, 0.1) is 0 Å². The van der Waals surface area contributed by atoms with Gasteiger partial charge in [-0.15, -0.1) is 11.8 Å². The summed E-state index contributed by atoms with van der Waals surface area (Å²) >= 11 is 2.80. The Morgan fingerprint density at radius 2 is 1.94 bits per heavy atom. The van der Waals surface area contributed by atoms with Crippen molar-refractivity contribution in [1.82, 2.24) is 9.97 Å². The number of benzene rings is 2. The third kappa shape index (κ3) is 4.63. The monoisotopic (exact) mass is 469 g/mol. The van der Waals surface area contributed by atoms with E-state index in [0.717, 1.165) is 10.5 Å². The number of nitrogens with zero attached hydrogens (tertiary/aromatic N) is 3. The van der Waals surface area contributed by atoms with Crippen LogP contribution >= 0.6 is 23.1 Å². The van der Waals surface area contributed by atoms with Crippen LogP contribution in [0.15, 0.2) is 76.8 Å². The van der Waals surface area contributed by atoms with E-state index < -0.39 is 9.84 Å². The van der Waals surface area contributed by atoms with Crippen molar-refractivity contribution in [2.24, 2.45) is 0 Å². The largest absolute Gasteiger partial charge is 0.279 e. The molecule has 0 unspecified atom stereocenters. The first-order valence-electron chi connectivity index (χ1n) is 9.31. The normalized spacial score (nSPS) is 11.5. The summed E-state index contributed by atoms with van der Waals surface area (Å²) in [7, 11) is -3.33. The maximum absolute atomic E-state index is 13.6. The third-order valence-corrected chi connectivity index (χ3v) is 7.60. The standard InChI is InChI=1S/C22H19N3O3S3/c1-29-19-8-4-3-7-17(19)21(26)25(14-15-6-5-11-23-13-15)22-24-18-10-9-16(31(2,27)28)12-20(18)30-22/h3-13H,14H2,1-2H3. The maximum atomic E-state index is 13.6. The lowest BCUT2D eigenvalue weighted by Crippen LogP contribution is -2.30. The molecule has 0 aliphatic carbocycles. The molecule has 6 nitrogen and oxygen atoms in total. The van der Waals surface area contributed by atoms with Gasteiger partial charge >= 0.3 is 0 Å². The van der Waals surface area contributed by atoms with E-state index in [2.05, 4.69) is 9.97 Å². The molecular formula is C22H19N3O3S3. The fourth-order valence-corrected chi connectivity index (χ4v) is 5.42. The van der Waals surface area contributed by atoms with Crippen molar-refractivity contribution < 1.29 is 13.2 Å². The molecule has 1 amide bonds. The molecule has 158 valence electrons. The van der Waals surface area contributed by atoms with Crippen molar-refractivity contribution in [3.8, 4) is 0 Å². The first-order chi connectivity index (χ1) is 14.9. The van der Waals surface area contributed by atoms with E-state index >= 15 is 0 Å². The van der Waals surface area contributed by atoms with E-state index in [9.17, 15) is 13.2 Å². The molecule has 0 bridgehead atoms. The van der Waals surface area contributed by atoms with Gasteiger partial charge in [-0.1, -0.05) is 29.5 Å². The Hall–Kier alpha value is -2.75. The predicted octanol–water partition coefficient (Wildman–Crippen LogP) is 4.66. The van der Waals surface area contributed by atoms with Crippen LogP contribution in [0.2, 0.25) is 0 Å². The van der Waals surface area contributed by atoms with Crippen LogP contribution in [0.5, 0.6) is 0 Å². The van der Waals surface area contributed by atoms with Crippen LogP contribution < -0.4 is 4.90 Å². The summed E-state index contributed by atoms with van der Waals surface area (Å²) in [6.07, 6.45) is 6.51. The fourth-order valence-electron chi connectivity index (χ4n) is 3.11. The van der Waals surface area contributed by atoms with Crippen LogP contribution in [0.1, 0.15) is 15.9 Å². The number of rotatable bonds is 6. The number of sulfone groups is 1. The lowest BCUT2D eigenvalue weighted by atomic mass is 10.2. The molecule has 0 spiro atoms. The Morgan fingerprint density at radius 3 is 2.65 bits per heavy atom. The lowest BCUT2D eigenvalue weighted by Gasteiger charge is -2.21. The van der Waals surface area contributed by atoms with Crippen LogP contribution in [0.3, 0.4) is 0 Å². The zero-order chi connectivity index (χ0) is 22.0. The van der Waals surface area contributed by atoms with Crippen LogP contribution in [0.25, 0.3) is 10.2 Å². The highest BCUT2D eigenvalue weighted by Gasteiger charge is 2.24. The van der Waals surface area contributed by atoms with Crippen LogP contribution in [-0.2, 0) is 16.4 Å². The number of thiazole rings is 1. The van der Waals surface area contributed by atoms with Crippen molar-refractivity contribution in [2.75, 3.05) is 17.4 Å². The van der Waals surface area contributed by atoms with Crippen molar-refractivity contribution >= 4 is 54.2 Å². The molecule has 9 heteroatoms. The van der Waals surface area contributed by atoms with Gasteiger partial charge in [-0.3, -0.25) is 14.7 Å². The van der Waals surface area contributed by atoms with Gasteiger partial charge < -0.3 is 0 Å². The zero-order valence-corrected chi connectivity index (χ0v) is 19.3. The van der Waals surface area contributed by atoms with E-state index in [1.54, 1.807) is 35.5 Å². The van der Waals surface area contributed by atoms with Crippen molar-refractivity contribution in [3.05, 3.63) is 78.1 Å². The number of hydrogen-bond acceptors (Lipinski definition) is 7. The molecule has 4 rings (SSSR count). The smallest absolute Gasteiger partial charge is 0.261 e. The molecule has 0 fully saturated rings. The van der Waals surface area contributed by atoms with E-state index in [1.807, 2.05) is 36.6 Å². The molecule has 0 saturated heterocycles. The van der Waals surface area contributed by atoms with Crippen LogP contribution in [-0.4, -0.2) is 36.8 Å². The second kappa shape index (κ2) is 8.78. The second-order valence-electron chi connectivity index (χ2n) is 6.85. The van der Waals surface area contributed by atoms with E-state index in [1.165, 1.54) is 35.4 Å². The molecule has 31 heavy (non-hydrogen) atoms. The minimum Gasteiger partial charge on any atom is -0.279 e. The van der Waals surface area contributed by atoms with Gasteiger partial charge in [0.1, 0.15) is 0 Å². The summed E-state index contributed by atoms with van der Waals surface area (Å²) in [5.74, 6) is -0.170. The summed E-state index contributed by atoms with van der Waals surface area (Å²) in [5.41, 5.74) is 2.11. The van der Waals surface area contributed by atoms with Crippen molar-refractivity contribution in [3.63, 3.8) is 0 Å². The zero-order valence-electron chi connectivity index (χ0n) is 16.8. The van der Waals surface area contributed by atoms with Gasteiger partial charge in [0, 0.05) is 23.5 Å². The van der Waals surface area contributed by atoms with E-state index in [-0.39, 0.29) is 10.8 Å². The minimum absolute atomic E-state index is 0.170. The van der Waals surface area contributed by atoms with Crippen LogP contribution in [0.4, 0.5) is 5.13 Å². The highest BCUT2D eigenvalue weighted by atomic mass is 32.2. The third-order valence-electron chi connectivity index (χ3n) is 4.65. The summed E-state index contributed by atoms with van der Waals surface area (Å²) in [6, 6.07) is 16.0. The summed E-state index contributed by atoms with van der Waals surface area (Å²) < 4.78 is 24.6. The molecule has 0 aliphatic rings. The molecule has 2 heterocycles. The van der Waals surface area contributed by atoms with Crippen molar-refractivity contribution in [1.29, 1.82) is 0 Å². The predicted molar refractivity (Wildman–Crippen MR) is 126 cm³/mol. The fraction of sp³-hybridized carbons (Fsp3) is 0.136. The van der Waals surface area contributed by atoms with Gasteiger partial charge in [0.2, 0.25) is 0 Å². The number of thioether (sulfide) groups is 1. The van der Waals surface area contributed by atoms with Gasteiger partial charge in [-0.25, -0.2) is 13.4 Å². The van der Waals surface area contributed by atoms with Gasteiger partial charge in [0.15, 0.2) is 15.0 Å². The number of amides is 1. The first kappa shape index (κ1) is 21.5. The number of aromatic nitrogens is 2. The molecule has 0 N–H and O–H groups in total. The quantitative estimate of drug-likeness (QED) is 0.382. The number of fused-ring (bicyclic) bond motifs is 1. The summed E-state index contributed by atoms with van der Waals surface area (Å²) in [4.78, 5) is 25.1.